The predicted octanol–water partition coefficient (Wildman–Crippen LogP) is 0.966. The van der Waals surface area contributed by atoms with Crippen LogP contribution in [0.15, 0.2) is 12.4 Å². The first-order valence-electron chi connectivity index (χ1n) is 6.93. The van der Waals surface area contributed by atoms with Gasteiger partial charge in [-0.25, -0.2) is 14.8 Å². The molecule has 1 amide bonds. The van der Waals surface area contributed by atoms with Crippen LogP contribution in [0, 0.1) is 0 Å². The highest BCUT2D eigenvalue weighted by atomic mass is 32.1. The lowest BCUT2D eigenvalue weighted by atomic mass is 10.3. The van der Waals surface area contributed by atoms with E-state index in [1.807, 2.05) is 6.07 Å². The van der Waals surface area contributed by atoms with Gasteiger partial charge in [-0.05, 0) is 12.5 Å². The minimum absolute atomic E-state index is 0.0199. The highest BCUT2D eigenvalue weighted by Crippen LogP contribution is 2.28. The number of halogens is 3. The van der Waals surface area contributed by atoms with E-state index in [1.54, 1.807) is 4.90 Å². The van der Waals surface area contributed by atoms with Crippen molar-refractivity contribution in [3.05, 3.63) is 17.3 Å². The Balaban J connectivity index is 0.000000277. The average Bonchev–Trinajstić information content (AvgIpc) is 3.06. The molecule has 5 N–H and O–H groups in total. The van der Waals surface area contributed by atoms with Crippen LogP contribution in [0.3, 0.4) is 0 Å². The van der Waals surface area contributed by atoms with Crippen LogP contribution in [0.5, 0.6) is 0 Å². The number of carboxylic acids is 1. The number of carbonyl (C=O) groups is 2. The number of hydrogen-bond donors (Lipinski definition) is 3. The van der Waals surface area contributed by atoms with Crippen molar-refractivity contribution in [2.24, 2.45) is 5.73 Å². The number of carboxylic acid groups (broad SMARTS) is 1. The molecule has 0 unspecified atom stereocenters. The molecule has 1 aliphatic heterocycles. The molecule has 25 heavy (non-hydrogen) atoms. The van der Waals surface area contributed by atoms with Crippen LogP contribution in [0.4, 0.5) is 19.0 Å². The van der Waals surface area contributed by atoms with Gasteiger partial charge in [-0.3, -0.25) is 4.79 Å². The van der Waals surface area contributed by atoms with Crippen LogP contribution in [0.2, 0.25) is 0 Å². The molecule has 0 aliphatic carbocycles. The fraction of sp³-hybridized carbons (Fsp3) is 0.385. The third kappa shape index (κ3) is 4.54. The fourth-order valence-corrected chi connectivity index (χ4v) is 3.13. The molecule has 1 saturated heterocycles. The molecule has 3 rings (SSSR count). The maximum Gasteiger partial charge on any atom is 0.490 e. The second-order valence-corrected chi connectivity index (χ2v) is 6.26. The zero-order chi connectivity index (χ0) is 18.8. The van der Waals surface area contributed by atoms with E-state index in [0.29, 0.717) is 12.4 Å². The van der Waals surface area contributed by atoms with Gasteiger partial charge in [0.15, 0.2) is 0 Å². The number of nitrogens with zero attached hydrogens (tertiary/aromatic N) is 3. The van der Waals surface area contributed by atoms with Gasteiger partial charge in [0.05, 0.1) is 18.0 Å². The normalized spacial score (nSPS) is 17.5. The maximum atomic E-state index is 11.7. The molecule has 2 aromatic heterocycles. The molecule has 0 aromatic carbocycles. The summed E-state index contributed by atoms with van der Waals surface area (Å²) < 4.78 is 31.7. The number of hydrogen-bond acceptors (Lipinski definition) is 7. The first kappa shape index (κ1) is 18.9. The maximum absolute atomic E-state index is 11.7. The van der Waals surface area contributed by atoms with E-state index >= 15 is 0 Å². The summed E-state index contributed by atoms with van der Waals surface area (Å²) in [6, 6.07) is 1.61. The van der Waals surface area contributed by atoms with Crippen molar-refractivity contribution in [2.75, 3.05) is 12.3 Å². The topological polar surface area (TPSA) is 135 Å². The Labute approximate surface area is 143 Å². The molecule has 0 radical (unpaired) electrons. The van der Waals surface area contributed by atoms with Crippen LogP contribution < -0.4 is 11.5 Å². The van der Waals surface area contributed by atoms with Crippen molar-refractivity contribution in [1.29, 1.82) is 0 Å². The van der Waals surface area contributed by atoms with E-state index < -0.39 is 12.1 Å². The molecule has 1 fully saturated rings. The van der Waals surface area contributed by atoms with Gasteiger partial charge in [0.2, 0.25) is 5.91 Å². The molecule has 0 saturated carbocycles. The van der Waals surface area contributed by atoms with E-state index in [4.69, 9.17) is 21.4 Å². The number of fused-ring (bicyclic) bond motifs is 1. The SMILES string of the molecule is Nc1ncnc2sc(CN3CC[C@H](N)C3=O)cc12.O=C(O)C(F)(F)F. The second kappa shape index (κ2) is 7.19. The summed E-state index contributed by atoms with van der Waals surface area (Å²) in [5, 5.41) is 7.98. The van der Waals surface area contributed by atoms with Gasteiger partial charge < -0.3 is 21.5 Å². The molecule has 136 valence electrons. The van der Waals surface area contributed by atoms with Gasteiger partial charge in [-0.15, -0.1) is 11.3 Å². The van der Waals surface area contributed by atoms with Gasteiger partial charge >= 0.3 is 12.1 Å². The average molecular weight is 377 g/mol. The minimum Gasteiger partial charge on any atom is -0.475 e. The van der Waals surface area contributed by atoms with Crippen molar-refractivity contribution >= 4 is 39.2 Å². The van der Waals surface area contributed by atoms with Crippen molar-refractivity contribution in [1.82, 2.24) is 14.9 Å². The molecule has 0 bridgehead atoms. The zero-order valence-electron chi connectivity index (χ0n) is 12.7. The molecule has 0 spiro atoms. The van der Waals surface area contributed by atoms with Crippen LogP contribution >= 0.6 is 11.3 Å². The number of anilines is 1. The number of carbonyl (C=O) groups excluding carboxylic acids is 1. The van der Waals surface area contributed by atoms with Crippen molar-refractivity contribution in [2.45, 2.75) is 25.2 Å². The lowest BCUT2D eigenvalue weighted by Crippen LogP contribution is -2.33. The lowest BCUT2D eigenvalue weighted by molar-refractivity contribution is -0.192. The van der Waals surface area contributed by atoms with E-state index in [-0.39, 0.29) is 11.9 Å². The van der Waals surface area contributed by atoms with E-state index in [2.05, 4.69) is 9.97 Å². The molecular weight excluding hydrogens is 363 g/mol. The predicted molar refractivity (Wildman–Crippen MR) is 83.5 cm³/mol. The molecule has 1 aliphatic rings. The number of aliphatic carboxylic acids is 1. The number of nitrogen functional groups attached to an aromatic ring is 1. The number of rotatable bonds is 2. The summed E-state index contributed by atoms with van der Waals surface area (Å²) in [6.45, 7) is 1.29. The first-order valence-corrected chi connectivity index (χ1v) is 7.74. The minimum atomic E-state index is -5.08. The number of amides is 1. The fourth-order valence-electron chi connectivity index (χ4n) is 2.11. The van der Waals surface area contributed by atoms with Gasteiger partial charge in [-0.2, -0.15) is 13.2 Å². The van der Waals surface area contributed by atoms with E-state index in [0.717, 1.165) is 28.1 Å². The summed E-state index contributed by atoms with van der Waals surface area (Å²) in [5.41, 5.74) is 11.5. The molecule has 1 atom stereocenters. The number of thiophene rings is 1. The molecule has 2 aromatic rings. The summed E-state index contributed by atoms with van der Waals surface area (Å²) >= 11 is 1.54. The van der Waals surface area contributed by atoms with Crippen LogP contribution in [0.1, 0.15) is 11.3 Å². The van der Waals surface area contributed by atoms with Gasteiger partial charge in [0.25, 0.3) is 0 Å². The molecule has 3 heterocycles. The van der Waals surface area contributed by atoms with E-state index in [9.17, 15) is 18.0 Å². The number of aromatic nitrogens is 2. The largest absolute Gasteiger partial charge is 0.490 e. The summed E-state index contributed by atoms with van der Waals surface area (Å²) in [7, 11) is 0. The quantitative estimate of drug-likeness (QED) is 0.709. The lowest BCUT2D eigenvalue weighted by Gasteiger charge is -2.14. The zero-order valence-corrected chi connectivity index (χ0v) is 13.5. The Morgan fingerprint density at radius 3 is 2.56 bits per heavy atom. The monoisotopic (exact) mass is 377 g/mol. The smallest absolute Gasteiger partial charge is 0.475 e. The molecule has 12 heteroatoms. The summed E-state index contributed by atoms with van der Waals surface area (Å²) in [4.78, 5) is 32.5. The summed E-state index contributed by atoms with van der Waals surface area (Å²) in [5.74, 6) is -2.26. The third-order valence-electron chi connectivity index (χ3n) is 3.34. The highest BCUT2D eigenvalue weighted by molar-refractivity contribution is 7.18. The van der Waals surface area contributed by atoms with Crippen molar-refractivity contribution in [3.8, 4) is 0 Å². The number of likely N-dealkylation sites (tertiary alicyclic amines) is 1. The van der Waals surface area contributed by atoms with E-state index in [1.165, 1.54) is 17.7 Å². The third-order valence-corrected chi connectivity index (χ3v) is 4.37. The van der Waals surface area contributed by atoms with Gasteiger partial charge in [0.1, 0.15) is 17.0 Å². The Morgan fingerprint density at radius 1 is 1.44 bits per heavy atom. The van der Waals surface area contributed by atoms with Crippen LogP contribution in [-0.4, -0.2) is 50.6 Å². The highest BCUT2D eigenvalue weighted by Gasteiger charge is 2.38. The van der Waals surface area contributed by atoms with Crippen molar-refractivity contribution in [3.63, 3.8) is 0 Å². The van der Waals surface area contributed by atoms with Crippen LogP contribution in [0.25, 0.3) is 10.2 Å². The van der Waals surface area contributed by atoms with Crippen molar-refractivity contribution < 1.29 is 27.9 Å². The van der Waals surface area contributed by atoms with Gasteiger partial charge in [-0.1, -0.05) is 0 Å². The Kier molecular flexibility index (Phi) is 5.42. The van der Waals surface area contributed by atoms with Gasteiger partial charge in [0, 0.05) is 11.4 Å². The Bertz CT molecular complexity index is 795. The Morgan fingerprint density at radius 2 is 2.08 bits per heavy atom. The Hall–Kier alpha value is -2.47. The number of nitrogens with two attached hydrogens (primary N) is 2. The first-order chi connectivity index (χ1) is 11.6. The van der Waals surface area contributed by atoms with Crippen LogP contribution in [-0.2, 0) is 16.1 Å². The number of alkyl halides is 3. The molecule has 8 nitrogen and oxygen atoms in total. The summed E-state index contributed by atoms with van der Waals surface area (Å²) in [6.07, 6.45) is -2.90. The second-order valence-electron chi connectivity index (χ2n) is 5.15. The molecular formula is C13H14F3N5O3S. The standard InChI is InChI=1S/C11H13N5OS.C2HF3O2/c12-8-1-2-16(11(8)17)4-6-3-7-9(13)14-5-15-10(7)18-6;3-2(4,5)1(6)7/h3,5,8H,1-2,4,12H2,(H2,13,14,15);(H,6,7)/t8-;/m0./s1.